The van der Waals surface area contributed by atoms with Gasteiger partial charge >= 0.3 is 6.01 Å². The van der Waals surface area contributed by atoms with Crippen LogP contribution >= 0.6 is 0 Å². The Hall–Kier alpha value is -4.04. The number of nitrogens with zero attached hydrogens (tertiary/aromatic N) is 5. The average molecular weight is 509 g/mol. The fraction of sp³-hybridized carbons (Fsp3) is 0.333. The number of aliphatic hydroxyl groups excluding tert-OH is 1. The number of aromatic nitrogens is 5. The van der Waals surface area contributed by atoms with Crippen LogP contribution in [0.2, 0.25) is 0 Å². The fourth-order valence-electron chi connectivity index (χ4n) is 5.08. The first-order valence-corrected chi connectivity index (χ1v) is 13.3. The normalized spacial score (nSPS) is 17.8. The second-order valence-electron chi connectivity index (χ2n) is 10.3. The van der Waals surface area contributed by atoms with Crippen molar-refractivity contribution < 1.29 is 9.84 Å². The van der Waals surface area contributed by atoms with Gasteiger partial charge in [0.2, 0.25) is 5.95 Å². The maximum absolute atomic E-state index is 9.87. The average Bonchev–Trinajstić information content (AvgIpc) is 3.37. The summed E-state index contributed by atoms with van der Waals surface area (Å²) in [4.78, 5) is 14.4. The van der Waals surface area contributed by atoms with Crippen molar-refractivity contribution in [2.75, 3.05) is 5.32 Å². The zero-order valence-corrected chi connectivity index (χ0v) is 21.7. The number of hydrogen-bond acceptors (Lipinski definition) is 7. The summed E-state index contributed by atoms with van der Waals surface area (Å²) in [7, 11) is 0. The first-order valence-electron chi connectivity index (χ1n) is 13.3. The predicted octanol–water partition coefficient (Wildman–Crippen LogP) is 5.76. The Morgan fingerprint density at radius 2 is 1.74 bits per heavy atom. The first-order chi connectivity index (χ1) is 18.5. The highest BCUT2D eigenvalue weighted by atomic mass is 16.5. The minimum absolute atomic E-state index is 0.00109. The number of nitrogens with one attached hydrogen (secondary N) is 1. The molecule has 0 aliphatic heterocycles. The molecule has 0 saturated heterocycles. The molecule has 1 aliphatic carbocycles. The third-order valence-electron chi connectivity index (χ3n) is 7.24. The summed E-state index contributed by atoms with van der Waals surface area (Å²) < 4.78 is 7.97. The summed E-state index contributed by atoms with van der Waals surface area (Å²) in [6, 6.07) is 20.9. The summed E-state index contributed by atoms with van der Waals surface area (Å²) in [5.41, 5.74) is 5.85. The quantitative estimate of drug-likeness (QED) is 0.289. The molecule has 1 saturated carbocycles. The SMILES string of the molecule is CC(C)c1cnn2c(NCc3ccccc3-c3ccc4ccccc4n3)nc(O[C@H]3CC[C@H](O)CC3)nc12. The van der Waals surface area contributed by atoms with Gasteiger partial charge < -0.3 is 15.2 Å². The van der Waals surface area contributed by atoms with Crippen LogP contribution in [0, 0.1) is 0 Å². The Morgan fingerprint density at radius 1 is 0.947 bits per heavy atom. The van der Waals surface area contributed by atoms with E-state index in [2.05, 4.69) is 54.6 Å². The van der Waals surface area contributed by atoms with Crippen LogP contribution < -0.4 is 10.1 Å². The lowest BCUT2D eigenvalue weighted by Crippen LogP contribution is -2.27. The molecule has 0 radical (unpaired) electrons. The zero-order valence-electron chi connectivity index (χ0n) is 21.7. The van der Waals surface area contributed by atoms with E-state index < -0.39 is 0 Å². The number of benzene rings is 2. The van der Waals surface area contributed by atoms with Crippen molar-refractivity contribution in [1.29, 1.82) is 0 Å². The van der Waals surface area contributed by atoms with Crippen LogP contribution in [0.1, 0.15) is 56.6 Å². The van der Waals surface area contributed by atoms with E-state index in [1.165, 1.54) is 0 Å². The van der Waals surface area contributed by atoms with Gasteiger partial charge in [-0.25, -0.2) is 4.98 Å². The summed E-state index contributed by atoms with van der Waals surface area (Å²) in [6.45, 7) is 4.78. The molecule has 1 fully saturated rings. The Kier molecular flexibility index (Phi) is 6.64. The molecule has 0 bridgehead atoms. The van der Waals surface area contributed by atoms with Gasteiger partial charge in [-0.15, -0.1) is 0 Å². The number of ether oxygens (including phenoxy) is 1. The zero-order chi connectivity index (χ0) is 26.1. The molecule has 3 heterocycles. The van der Waals surface area contributed by atoms with E-state index in [0.717, 1.165) is 64.6 Å². The molecule has 0 atom stereocenters. The molecule has 38 heavy (non-hydrogen) atoms. The summed E-state index contributed by atoms with van der Waals surface area (Å²) in [6.07, 6.45) is 4.67. The fourth-order valence-corrected chi connectivity index (χ4v) is 5.08. The maximum Gasteiger partial charge on any atom is 0.322 e. The molecule has 2 aromatic carbocycles. The first kappa shape index (κ1) is 24.3. The second kappa shape index (κ2) is 10.4. The van der Waals surface area contributed by atoms with E-state index in [1.807, 2.05) is 36.5 Å². The van der Waals surface area contributed by atoms with Crippen LogP contribution in [0.3, 0.4) is 0 Å². The van der Waals surface area contributed by atoms with Gasteiger partial charge in [0, 0.05) is 23.1 Å². The molecule has 8 heteroatoms. The van der Waals surface area contributed by atoms with Gasteiger partial charge in [-0.2, -0.15) is 19.6 Å². The molecular formula is C30H32N6O2. The molecule has 3 aromatic heterocycles. The van der Waals surface area contributed by atoms with E-state index in [9.17, 15) is 5.11 Å². The Labute approximate surface area is 221 Å². The minimum Gasteiger partial charge on any atom is -0.460 e. The standard InChI is InChI=1S/C30H32N6O2/c1-19(2)25-18-32-36-28(25)34-30(38-23-14-12-22(37)13-15-23)35-29(36)31-17-21-8-3-5-9-24(21)27-16-11-20-7-4-6-10-26(20)33-27/h3-11,16,18-19,22-23,37H,12-15,17H2,1-2H3,(H,31,34,35)/t22-,23-. The molecule has 5 aromatic rings. The van der Waals surface area contributed by atoms with Crippen molar-refractivity contribution >= 4 is 22.5 Å². The summed E-state index contributed by atoms with van der Waals surface area (Å²) in [5.74, 6) is 0.835. The maximum atomic E-state index is 9.87. The molecule has 6 rings (SSSR count). The van der Waals surface area contributed by atoms with E-state index in [0.29, 0.717) is 18.5 Å². The van der Waals surface area contributed by atoms with E-state index in [1.54, 1.807) is 4.52 Å². The number of pyridine rings is 1. The highest BCUT2D eigenvalue weighted by Gasteiger charge is 2.23. The third kappa shape index (κ3) is 4.91. The molecule has 0 amide bonds. The van der Waals surface area contributed by atoms with Gasteiger partial charge in [0.05, 0.1) is 23.5 Å². The summed E-state index contributed by atoms with van der Waals surface area (Å²) in [5, 5.41) is 19.1. The molecular weight excluding hydrogens is 476 g/mol. The van der Waals surface area contributed by atoms with E-state index in [4.69, 9.17) is 19.7 Å². The Balaban J connectivity index is 1.31. The highest BCUT2D eigenvalue weighted by molar-refractivity contribution is 5.82. The number of fused-ring (bicyclic) bond motifs is 2. The third-order valence-corrected chi connectivity index (χ3v) is 7.24. The molecule has 2 N–H and O–H groups in total. The molecule has 8 nitrogen and oxygen atoms in total. The van der Waals surface area contributed by atoms with Crippen molar-refractivity contribution in [3.8, 4) is 17.3 Å². The largest absolute Gasteiger partial charge is 0.460 e. The van der Waals surface area contributed by atoms with Crippen molar-refractivity contribution in [3.63, 3.8) is 0 Å². The van der Waals surface area contributed by atoms with Gasteiger partial charge in [-0.05, 0) is 49.3 Å². The lowest BCUT2D eigenvalue weighted by molar-refractivity contribution is 0.0619. The number of rotatable bonds is 7. The number of hydrogen-bond donors (Lipinski definition) is 2. The van der Waals surface area contributed by atoms with Crippen LogP contribution in [0.5, 0.6) is 6.01 Å². The van der Waals surface area contributed by atoms with Crippen LogP contribution in [0.4, 0.5) is 5.95 Å². The summed E-state index contributed by atoms with van der Waals surface area (Å²) >= 11 is 0. The van der Waals surface area contributed by atoms with E-state index in [-0.39, 0.29) is 18.1 Å². The number of aliphatic hydroxyl groups is 1. The predicted molar refractivity (Wildman–Crippen MR) is 148 cm³/mol. The Morgan fingerprint density at radius 3 is 2.58 bits per heavy atom. The van der Waals surface area contributed by atoms with Crippen LogP contribution in [-0.2, 0) is 6.54 Å². The molecule has 0 spiro atoms. The van der Waals surface area contributed by atoms with Crippen LogP contribution in [0.25, 0.3) is 27.8 Å². The van der Waals surface area contributed by atoms with Gasteiger partial charge in [0.25, 0.3) is 0 Å². The van der Waals surface area contributed by atoms with E-state index >= 15 is 0 Å². The van der Waals surface area contributed by atoms with Gasteiger partial charge in [-0.3, -0.25) is 0 Å². The molecule has 0 unspecified atom stereocenters. The van der Waals surface area contributed by atoms with Gasteiger partial charge in [-0.1, -0.05) is 62.4 Å². The van der Waals surface area contributed by atoms with Gasteiger partial charge in [0.1, 0.15) is 6.10 Å². The number of para-hydroxylation sites is 1. The second-order valence-corrected chi connectivity index (χ2v) is 10.3. The van der Waals surface area contributed by atoms with Crippen LogP contribution in [0.15, 0.2) is 66.9 Å². The lowest BCUT2D eigenvalue weighted by atomic mass is 9.95. The molecule has 1 aliphatic rings. The number of anilines is 1. The molecule has 194 valence electrons. The van der Waals surface area contributed by atoms with Crippen molar-refractivity contribution in [2.24, 2.45) is 0 Å². The minimum atomic E-state index is -0.241. The Bertz CT molecular complexity index is 1570. The van der Waals surface area contributed by atoms with Crippen LogP contribution in [-0.4, -0.2) is 41.9 Å². The topological polar surface area (TPSA) is 97.5 Å². The lowest BCUT2D eigenvalue weighted by Gasteiger charge is -2.25. The smallest absolute Gasteiger partial charge is 0.322 e. The van der Waals surface area contributed by atoms with Crippen molar-refractivity contribution in [3.05, 3.63) is 78.0 Å². The monoisotopic (exact) mass is 508 g/mol. The van der Waals surface area contributed by atoms with Crippen molar-refractivity contribution in [1.82, 2.24) is 24.6 Å². The highest BCUT2D eigenvalue weighted by Crippen LogP contribution is 2.28. The van der Waals surface area contributed by atoms with Crippen molar-refractivity contribution in [2.45, 2.75) is 64.2 Å². The van der Waals surface area contributed by atoms with Gasteiger partial charge in [0.15, 0.2) is 5.65 Å².